The van der Waals surface area contributed by atoms with E-state index in [1.165, 1.54) is 18.2 Å². The molecule has 5 nitrogen and oxygen atoms in total. The van der Waals surface area contributed by atoms with Crippen LogP contribution in [0.4, 0.5) is 0 Å². The van der Waals surface area contributed by atoms with Crippen molar-refractivity contribution in [3.63, 3.8) is 0 Å². The van der Waals surface area contributed by atoms with Crippen LogP contribution in [0.25, 0.3) is 0 Å². The molecular weight excluding hydrogens is 351 g/mol. The van der Waals surface area contributed by atoms with E-state index in [-0.39, 0.29) is 46.6 Å². The number of para-hydroxylation sites is 1. The summed E-state index contributed by atoms with van der Waals surface area (Å²) in [5.74, 6) is -1.23. The van der Waals surface area contributed by atoms with Crippen LogP contribution in [0.5, 0.6) is 5.75 Å². The van der Waals surface area contributed by atoms with Gasteiger partial charge in [0.25, 0.3) is 0 Å². The average molecular weight is 371 g/mol. The van der Waals surface area contributed by atoms with Crippen molar-refractivity contribution in [2.24, 2.45) is 11.3 Å². The number of alkyl halides is 1. The van der Waals surface area contributed by atoms with Crippen LogP contribution < -0.4 is 34.3 Å². The van der Waals surface area contributed by atoms with Gasteiger partial charge in [0.2, 0.25) is 0 Å². The van der Waals surface area contributed by atoms with Gasteiger partial charge in [-0.3, -0.25) is 4.79 Å². The van der Waals surface area contributed by atoms with Gasteiger partial charge in [-0.2, -0.15) is 0 Å². The summed E-state index contributed by atoms with van der Waals surface area (Å²) in [6.07, 6.45) is 0.692. The van der Waals surface area contributed by atoms with E-state index in [0.29, 0.717) is 6.42 Å². The van der Waals surface area contributed by atoms with E-state index in [2.05, 4.69) is 0 Å². The molecule has 8 heteroatoms. The Morgan fingerprint density at radius 3 is 2.30 bits per heavy atom. The van der Waals surface area contributed by atoms with Crippen molar-refractivity contribution >= 4 is 27.7 Å². The van der Waals surface area contributed by atoms with Crippen molar-refractivity contribution < 1.29 is 52.1 Å². The maximum Gasteiger partial charge on any atom is 1.00 e. The minimum absolute atomic E-state index is 0. The molecule has 0 aromatic heterocycles. The van der Waals surface area contributed by atoms with Crippen molar-refractivity contribution in [3.8, 4) is 5.75 Å². The zero-order chi connectivity index (χ0) is 17.1. The Labute approximate surface area is 164 Å². The molecule has 0 N–H and O–H groups in total. The van der Waals surface area contributed by atoms with Gasteiger partial charge in [-0.15, -0.1) is 11.6 Å². The Morgan fingerprint density at radius 1 is 1.30 bits per heavy atom. The molecule has 0 heterocycles. The molecule has 0 aliphatic carbocycles. The molecule has 124 valence electrons. The van der Waals surface area contributed by atoms with E-state index in [1.54, 1.807) is 0 Å². The third-order valence-corrected chi connectivity index (χ3v) is 4.47. The van der Waals surface area contributed by atoms with Crippen LogP contribution in [0, 0.1) is 11.3 Å². The van der Waals surface area contributed by atoms with Crippen LogP contribution in [-0.2, 0) is 14.9 Å². The van der Waals surface area contributed by atoms with Gasteiger partial charge in [-0.25, -0.2) is 8.42 Å². The topological polar surface area (TPSA) is 83.5 Å². The summed E-state index contributed by atoms with van der Waals surface area (Å²) in [5.41, 5.74) is -0.0108. The first kappa shape index (κ1) is 22.9. The molecule has 0 radical (unpaired) electrons. The molecule has 2 atom stereocenters. The van der Waals surface area contributed by atoms with E-state index in [1.807, 2.05) is 27.7 Å². The van der Waals surface area contributed by atoms with Gasteiger partial charge >= 0.3 is 35.5 Å². The number of rotatable bonds is 5. The van der Waals surface area contributed by atoms with Crippen molar-refractivity contribution in [3.05, 3.63) is 24.3 Å². The Morgan fingerprint density at radius 2 is 1.83 bits per heavy atom. The first-order valence-corrected chi connectivity index (χ1v) is 8.67. The smallest absolute Gasteiger partial charge is 0.744 e. The number of esters is 1. The van der Waals surface area contributed by atoms with Crippen LogP contribution in [0.3, 0.4) is 0 Å². The Bertz CT molecular complexity index is 640. The number of ether oxygens (including phenoxy) is 1. The molecular formula is C15H20ClNaO5S. The molecule has 1 aromatic rings. The van der Waals surface area contributed by atoms with E-state index < -0.39 is 26.4 Å². The largest absolute Gasteiger partial charge is 1.00 e. The first-order chi connectivity index (χ1) is 9.92. The van der Waals surface area contributed by atoms with Crippen LogP contribution in [0.15, 0.2) is 29.2 Å². The van der Waals surface area contributed by atoms with Gasteiger partial charge in [0.1, 0.15) is 21.2 Å². The number of benzene rings is 1. The number of carbonyl (C=O) groups excluding carboxylic acids is 1. The average Bonchev–Trinajstić information content (AvgIpc) is 2.35. The third-order valence-electron chi connectivity index (χ3n) is 2.99. The molecule has 0 aliphatic rings. The van der Waals surface area contributed by atoms with Gasteiger partial charge in [0, 0.05) is 0 Å². The molecule has 0 saturated carbocycles. The summed E-state index contributed by atoms with van der Waals surface area (Å²) in [7, 11) is -4.72. The van der Waals surface area contributed by atoms with Gasteiger partial charge in [-0.1, -0.05) is 39.8 Å². The Hall–Kier alpha value is -0.110. The Balaban J connectivity index is 0.00000484. The summed E-state index contributed by atoms with van der Waals surface area (Å²) in [5, 5.41) is -0.929. The van der Waals surface area contributed by atoms with Gasteiger partial charge in [-0.05, 0) is 29.9 Å². The predicted octanol–water partition coefficient (Wildman–Crippen LogP) is 0.180. The number of carbonyl (C=O) groups is 1. The van der Waals surface area contributed by atoms with E-state index in [9.17, 15) is 17.8 Å². The van der Waals surface area contributed by atoms with Crippen LogP contribution >= 0.6 is 11.6 Å². The van der Waals surface area contributed by atoms with Crippen LogP contribution in [0.2, 0.25) is 0 Å². The van der Waals surface area contributed by atoms with Crippen LogP contribution in [0.1, 0.15) is 34.1 Å². The molecule has 0 amide bonds. The fraction of sp³-hybridized carbons (Fsp3) is 0.533. The molecule has 1 rings (SSSR count). The molecule has 0 spiro atoms. The second-order valence-electron chi connectivity index (χ2n) is 6.47. The number of hydrogen-bond acceptors (Lipinski definition) is 5. The fourth-order valence-corrected chi connectivity index (χ4v) is 2.94. The summed E-state index contributed by atoms with van der Waals surface area (Å²) in [6, 6.07) is 5.19. The second-order valence-corrected chi connectivity index (χ2v) is 8.28. The van der Waals surface area contributed by atoms with E-state index >= 15 is 0 Å². The Kier molecular flexibility index (Phi) is 8.79. The minimum Gasteiger partial charge on any atom is -0.744 e. The van der Waals surface area contributed by atoms with Crippen molar-refractivity contribution in [2.45, 2.75) is 44.4 Å². The molecule has 0 aliphatic heterocycles. The molecule has 23 heavy (non-hydrogen) atoms. The molecule has 2 unspecified atom stereocenters. The standard InChI is InChI=1S/C15H21ClO5S.Na/c1-10(9-15(2,3)4)13(16)14(17)21-11-7-5-6-8-12(11)22(18,19)20;/h5-8,10,13H,9H2,1-4H3,(H,18,19,20);/q;+1/p-1. The summed E-state index contributed by atoms with van der Waals surface area (Å²) in [4.78, 5) is 11.5. The number of halogens is 1. The van der Waals surface area contributed by atoms with E-state index in [4.69, 9.17) is 16.3 Å². The first-order valence-electron chi connectivity index (χ1n) is 6.82. The summed E-state index contributed by atoms with van der Waals surface area (Å²) >= 11 is 6.10. The van der Waals surface area contributed by atoms with Gasteiger partial charge in [0.05, 0.1) is 4.90 Å². The van der Waals surface area contributed by atoms with Crippen molar-refractivity contribution in [1.29, 1.82) is 0 Å². The van der Waals surface area contributed by atoms with Crippen LogP contribution in [-0.4, -0.2) is 24.3 Å². The third kappa shape index (κ3) is 7.54. The van der Waals surface area contributed by atoms with Gasteiger partial charge in [0.15, 0.2) is 0 Å². The summed E-state index contributed by atoms with van der Waals surface area (Å²) in [6.45, 7) is 7.90. The fourth-order valence-electron chi connectivity index (χ4n) is 2.21. The minimum atomic E-state index is -4.72. The van der Waals surface area contributed by atoms with Crippen molar-refractivity contribution in [2.75, 3.05) is 0 Å². The molecule has 0 saturated heterocycles. The molecule has 0 bridgehead atoms. The predicted molar refractivity (Wildman–Crippen MR) is 82.9 cm³/mol. The normalized spacial score (nSPS) is 14.5. The zero-order valence-corrected chi connectivity index (χ0v) is 17.6. The molecule has 1 aromatic carbocycles. The molecule has 0 fully saturated rings. The maximum atomic E-state index is 12.1. The zero-order valence-electron chi connectivity index (χ0n) is 14.0. The quantitative estimate of drug-likeness (QED) is 0.243. The van der Waals surface area contributed by atoms with Gasteiger partial charge < -0.3 is 9.29 Å². The monoisotopic (exact) mass is 370 g/mol. The number of hydrogen-bond donors (Lipinski definition) is 0. The van der Waals surface area contributed by atoms with Crippen molar-refractivity contribution in [1.82, 2.24) is 0 Å². The van der Waals surface area contributed by atoms with E-state index in [0.717, 1.165) is 6.07 Å². The SMILES string of the molecule is CC(CC(C)(C)C)C(Cl)C(=O)Oc1ccccc1S(=O)(=O)[O-].[Na+]. The summed E-state index contributed by atoms with van der Waals surface area (Å²) < 4.78 is 38.5. The maximum absolute atomic E-state index is 12.1. The second kappa shape index (κ2) is 8.83.